The van der Waals surface area contributed by atoms with Gasteiger partial charge in [-0.1, -0.05) is 19.8 Å². The average molecular weight is 269 g/mol. The Kier molecular flexibility index (Phi) is 4.13. The van der Waals surface area contributed by atoms with Gasteiger partial charge in [0.25, 0.3) is 0 Å². The van der Waals surface area contributed by atoms with Crippen molar-refractivity contribution in [2.75, 3.05) is 19.8 Å². The Morgan fingerprint density at radius 1 is 1.32 bits per heavy atom. The predicted molar refractivity (Wildman–Crippen MR) is 69.7 cm³/mol. The van der Waals surface area contributed by atoms with Crippen LogP contribution in [0.2, 0.25) is 0 Å². The molecule has 2 atom stereocenters. The van der Waals surface area contributed by atoms with Crippen LogP contribution < -0.4 is 0 Å². The summed E-state index contributed by atoms with van der Waals surface area (Å²) in [6.07, 6.45) is 3.99. The van der Waals surface area contributed by atoms with E-state index < -0.39 is 11.9 Å². The molecule has 1 aliphatic heterocycles. The van der Waals surface area contributed by atoms with Crippen molar-refractivity contribution in [2.45, 2.75) is 45.6 Å². The number of nitrogens with zero attached hydrogens (tertiary/aromatic N) is 1. The standard InChI is InChI=1S/C14H23NO4/c1-3-15(11-9-19-8-10(11)12(16)17)13(18)14(2)6-4-5-7-14/h10-11H,3-9H2,1-2H3,(H,16,17). The fourth-order valence-corrected chi connectivity index (χ4v) is 3.33. The van der Waals surface area contributed by atoms with Gasteiger partial charge in [-0.05, 0) is 19.8 Å². The number of hydrogen-bond acceptors (Lipinski definition) is 3. The average Bonchev–Trinajstić information content (AvgIpc) is 2.99. The molecule has 0 aromatic carbocycles. The Hall–Kier alpha value is -1.10. The molecule has 19 heavy (non-hydrogen) atoms. The van der Waals surface area contributed by atoms with Crippen molar-refractivity contribution in [2.24, 2.45) is 11.3 Å². The molecule has 2 unspecified atom stereocenters. The lowest BCUT2D eigenvalue weighted by atomic mass is 9.86. The first-order valence-corrected chi connectivity index (χ1v) is 7.11. The number of hydrogen-bond donors (Lipinski definition) is 1. The van der Waals surface area contributed by atoms with Crippen LogP contribution in [0.15, 0.2) is 0 Å². The highest BCUT2D eigenvalue weighted by Crippen LogP contribution is 2.40. The molecule has 1 N–H and O–H groups in total. The third-order valence-electron chi connectivity index (χ3n) is 4.59. The van der Waals surface area contributed by atoms with Gasteiger partial charge in [0.15, 0.2) is 0 Å². The Labute approximate surface area is 113 Å². The van der Waals surface area contributed by atoms with Gasteiger partial charge in [-0.15, -0.1) is 0 Å². The second-order valence-corrected chi connectivity index (χ2v) is 5.91. The molecular formula is C14H23NO4. The maximum absolute atomic E-state index is 12.7. The van der Waals surface area contributed by atoms with Crippen molar-refractivity contribution in [3.05, 3.63) is 0 Å². The highest BCUT2D eigenvalue weighted by Gasteiger charge is 2.45. The van der Waals surface area contributed by atoms with Crippen LogP contribution in [0, 0.1) is 11.3 Å². The van der Waals surface area contributed by atoms with E-state index in [1.807, 2.05) is 13.8 Å². The molecule has 1 saturated carbocycles. The summed E-state index contributed by atoms with van der Waals surface area (Å²) in [6, 6.07) is -0.313. The van der Waals surface area contributed by atoms with Crippen molar-refractivity contribution in [1.82, 2.24) is 4.90 Å². The second kappa shape index (κ2) is 5.49. The lowest BCUT2D eigenvalue weighted by molar-refractivity contribution is -0.148. The molecule has 5 nitrogen and oxygen atoms in total. The van der Waals surface area contributed by atoms with Crippen LogP contribution in [0.1, 0.15) is 39.5 Å². The van der Waals surface area contributed by atoms with Crippen LogP contribution in [0.5, 0.6) is 0 Å². The van der Waals surface area contributed by atoms with Crippen molar-refractivity contribution in [1.29, 1.82) is 0 Å². The highest BCUT2D eigenvalue weighted by atomic mass is 16.5. The smallest absolute Gasteiger partial charge is 0.311 e. The van der Waals surface area contributed by atoms with Crippen LogP contribution >= 0.6 is 0 Å². The van der Waals surface area contributed by atoms with Gasteiger partial charge < -0.3 is 14.7 Å². The molecule has 0 aromatic rings. The second-order valence-electron chi connectivity index (χ2n) is 5.91. The van der Waals surface area contributed by atoms with Gasteiger partial charge in [-0.25, -0.2) is 0 Å². The van der Waals surface area contributed by atoms with Gasteiger partial charge in [0.05, 0.1) is 19.3 Å². The van der Waals surface area contributed by atoms with E-state index in [2.05, 4.69) is 0 Å². The van der Waals surface area contributed by atoms with Crippen LogP contribution in [-0.2, 0) is 14.3 Å². The van der Waals surface area contributed by atoms with E-state index in [0.717, 1.165) is 25.7 Å². The summed E-state index contributed by atoms with van der Waals surface area (Å²) in [5.41, 5.74) is -0.304. The van der Waals surface area contributed by atoms with Crippen LogP contribution in [0.4, 0.5) is 0 Å². The van der Waals surface area contributed by atoms with E-state index >= 15 is 0 Å². The van der Waals surface area contributed by atoms with E-state index in [1.165, 1.54) is 0 Å². The molecular weight excluding hydrogens is 246 g/mol. The SMILES string of the molecule is CCN(C(=O)C1(C)CCCC1)C1COCC1C(=O)O. The highest BCUT2D eigenvalue weighted by molar-refractivity contribution is 5.84. The number of likely N-dealkylation sites (N-methyl/N-ethyl adjacent to an activating group) is 1. The first kappa shape index (κ1) is 14.3. The zero-order valence-electron chi connectivity index (χ0n) is 11.7. The number of carboxylic acids is 1. The molecule has 0 spiro atoms. The number of carbonyl (C=O) groups is 2. The van der Waals surface area contributed by atoms with Crippen LogP contribution in [0.25, 0.3) is 0 Å². The fourth-order valence-electron chi connectivity index (χ4n) is 3.33. The van der Waals surface area contributed by atoms with Gasteiger partial charge in [0, 0.05) is 12.0 Å². The minimum Gasteiger partial charge on any atom is -0.481 e. The van der Waals surface area contributed by atoms with Gasteiger partial charge in [-0.3, -0.25) is 9.59 Å². The molecule has 1 saturated heterocycles. The summed E-state index contributed by atoms with van der Waals surface area (Å²) in [5, 5.41) is 9.22. The molecule has 1 heterocycles. The van der Waals surface area contributed by atoms with Gasteiger partial charge in [0.1, 0.15) is 5.92 Å². The molecule has 2 aliphatic rings. The molecule has 0 bridgehead atoms. The Morgan fingerprint density at radius 2 is 1.95 bits per heavy atom. The predicted octanol–water partition coefficient (Wildman–Crippen LogP) is 1.51. The number of amides is 1. The normalized spacial score (nSPS) is 29.4. The molecule has 5 heteroatoms. The number of rotatable bonds is 4. The van der Waals surface area contributed by atoms with Crippen LogP contribution in [0.3, 0.4) is 0 Å². The van der Waals surface area contributed by atoms with Crippen molar-refractivity contribution in [3.63, 3.8) is 0 Å². The number of carboxylic acid groups (broad SMARTS) is 1. The molecule has 108 valence electrons. The topological polar surface area (TPSA) is 66.8 Å². The molecule has 0 aromatic heterocycles. The summed E-state index contributed by atoms with van der Waals surface area (Å²) in [7, 11) is 0. The third-order valence-corrected chi connectivity index (χ3v) is 4.59. The summed E-state index contributed by atoms with van der Waals surface area (Å²) >= 11 is 0. The molecule has 2 fully saturated rings. The van der Waals surface area contributed by atoms with Crippen molar-refractivity contribution < 1.29 is 19.4 Å². The van der Waals surface area contributed by atoms with E-state index in [0.29, 0.717) is 13.2 Å². The lowest BCUT2D eigenvalue weighted by Gasteiger charge is -2.36. The van der Waals surface area contributed by atoms with Gasteiger partial charge >= 0.3 is 5.97 Å². The molecule has 1 amide bonds. The Balaban J connectivity index is 2.15. The van der Waals surface area contributed by atoms with E-state index in [1.54, 1.807) is 4.90 Å². The summed E-state index contributed by atoms with van der Waals surface area (Å²) < 4.78 is 5.28. The lowest BCUT2D eigenvalue weighted by Crippen LogP contribution is -2.51. The van der Waals surface area contributed by atoms with Crippen LogP contribution in [-0.4, -0.2) is 47.7 Å². The summed E-state index contributed by atoms with van der Waals surface area (Å²) in [6.45, 7) is 5.02. The molecule has 1 aliphatic carbocycles. The zero-order chi connectivity index (χ0) is 14.0. The van der Waals surface area contributed by atoms with E-state index in [4.69, 9.17) is 4.74 Å². The number of aliphatic carboxylic acids is 1. The minimum atomic E-state index is -0.870. The number of ether oxygens (including phenoxy) is 1. The minimum absolute atomic E-state index is 0.106. The Bertz CT molecular complexity index is 362. The van der Waals surface area contributed by atoms with E-state index in [9.17, 15) is 14.7 Å². The van der Waals surface area contributed by atoms with Crippen molar-refractivity contribution >= 4 is 11.9 Å². The first-order chi connectivity index (χ1) is 8.99. The fraction of sp³-hybridized carbons (Fsp3) is 0.857. The molecule has 2 rings (SSSR count). The summed E-state index contributed by atoms with van der Waals surface area (Å²) in [5.74, 6) is -1.35. The van der Waals surface area contributed by atoms with E-state index in [-0.39, 0.29) is 24.0 Å². The van der Waals surface area contributed by atoms with Gasteiger partial charge in [-0.2, -0.15) is 0 Å². The maximum Gasteiger partial charge on any atom is 0.311 e. The maximum atomic E-state index is 12.7. The zero-order valence-corrected chi connectivity index (χ0v) is 11.7. The summed E-state index contributed by atoms with van der Waals surface area (Å²) in [4.78, 5) is 25.7. The van der Waals surface area contributed by atoms with Crippen molar-refractivity contribution in [3.8, 4) is 0 Å². The largest absolute Gasteiger partial charge is 0.481 e. The molecule has 0 radical (unpaired) electrons. The first-order valence-electron chi connectivity index (χ1n) is 7.11. The monoisotopic (exact) mass is 269 g/mol. The Morgan fingerprint density at radius 3 is 2.47 bits per heavy atom. The third kappa shape index (κ3) is 2.61. The van der Waals surface area contributed by atoms with Gasteiger partial charge in [0.2, 0.25) is 5.91 Å². The number of carbonyl (C=O) groups excluding carboxylic acids is 1. The quantitative estimate of drug-likeness (QED) is 0.840.